The molecule has 1 fully saturated rings. The molecule has 2 aromatic rings. The largest absolute Gasteiger partial charge is 0.267 e. The van der Waals surface area contributed by atoms with Gasteiger partial charge >= 0.3 is 0 Å². The lowest BCUT2D eigenvalue weighted by Gasteiger charge is -2.13. The number of hydrogen-bond acceptors (Lipinski definition) is 5. The van der Waals surface area contributed by atoms with E-state index in [4.69, 9.17) is 0 Å². The fraction of sp³-hybridized carbons (Fsp3) is 0.562. The van der Waals surface area contributed by atoms with Gasteiger partial charge < -0.3 is 0 Å². The molecule has 0 unspecified atom stereocenters. The second-order valence-corrected chi connectivity index (χ2v) is 9.12. The van der Waals surface area contributed by atoms with E-state index in [1.807, 2.05) is 20.8 Å². The summed E-state index contributed by atoms with van der Waals surface area (Å²) in [4.78, 5) is 8.35. The standard InChI is InChI=1S/C16H23N5O2S/c1-16(2,3)13-11-14(20-24(22,23)10-7-12-5-6-12)21(19-13)15-17-8-4-9-18-15/h4,8-9,11-12,20H,5-7,10H2,1-3H3. The Hall–Kier alpha value is -1.96. The molecule has 0 atom stereocenters. The van der Waals surface area contributed by atoms with Crippen LogP contribution in [0.1, 0.15) is 45.7 Å². The Morgan fingerprint density at radius 1 is 1.25 bits per heavy atom. The van der Waals surface area contributed by atoms with Gasteiger partial charge in [0.2, 0.25) is 10.0 Å². The molecule has 0 saturated heterocycles. The first kappa shape index (κ1) is 16.9. The van der Waals surface area contributed by atoms with E-state index < -0.39 is 10.0 Å². The second-order valence-electron chi connectivity index (χ2n) is 7.28. The van der Waals surface area contributed by atoms with Gasteiger partial charge in [-0.1, -0.05) is 33.6 Å². The molecule has 0 aliphatic heterocycles. The molecule has 3 rings (SSSR count). The fourth-order valence-electron chi connectivity index (χ4n) is 2.31. The molecule has 130 valence electrons. The summed E-state index contributed by atoms with van der Waals surface area (Å²) in [6, 6.07) is 3.46. The monoisotopic (exact) mass is 349 g/mol. The fourth-order valence-corrected chi connectivity index (χ4v) is 3.52. The van der Waals surface area contributed by atoms with Crippen LogP contribution in [0.25, 0.3) is 5.95 Å². The maximum absolute atomic E-state index is 12.4. The molecule has 0 spiro atoms. The quantitative estimate of drug-likeness (QED) is 0.865. The summed E-state index contributed by atoms with van der Waals surface area (Å²) in [7, 11) is -3.42. The lowest BCUT2D eigenvalue weighted by Crippen LogP contribution is -2.19. The van der Waals surface area contributed by atoms with Crippen LogP contribution in [-0.4, -0.2) is 33.9 Å². The summed E-state index contributed by atoms with van der Waals surface area (Å²) >= 11 is 0. The Morgan fingerprint density at radius 2 is 1.92 bits per heavy atom. The maximum Gasteiger partial charge on any atom is 0.252 e. The van der Waals surface area contributed by atoms with Crippen molar-refractivity contribution >= 4 is 15.8 Å². The van der Waals surface area contributed by atoms with Crippen LogP contribution in [0, 0.1) is 5.92 Å². The predicted octanol–water partition coefficient (Wildman–Crippen LogP) is 2.50. The van der Waals surface area contributed by atoms with Gasteiger partial charge in [-0.2, -0.15) is 9.78 Å². The number of rotatable bonds is 6. The van der Waals surface area contributed by atoms with Gasteiger partial charge in [0, 0.05) is 23.9 Å². The number of hydrogen-bond donors (Lipinski definition) is 1. The maximum atomic E-state index is 12.4. The van der Waals surface area contributed by atoms with Gasteiger partial charge in [0.05, 0.1) is 11.4 Å². The van der Waals surface area contributed by atoms with Gasteiger partial charge in [-0.05, 0) is 18.4 Å². The van der Waals surface area contributed by atoms with Crippen molar-refractivity contribution in [3.63, 3.8) is 0 Å². The highest BCUT2D eigenvalue weighted by Crippen LogP contribution is 2.33. The van der Waals surface area contributed by atoms with Crippen molar-refractivity contribution in [3.05, 3.63) is 30.2 Å². The molecule has 24 heavy (non-hydrogen) atoms. The summed E-state index contributed by atoms with van der Waals surface area (Å²) in [5.74, 6) is 1.41. The van der Waals surface area contributed by atoms with E-state index in [1.54, 1.807) is 24.5 Å². The molecule has 7 nitrogen and oxygen atoms in total. The minimum absolute atomic E-state index is 0.128. The van der Waals surface area contributed by atoms with Crippen LogP contribution in [0.4, 0.5) is 5.82 Å². The molecule has 0 bridgehead atoms. The van der Waals surface area contributed by atoms with Crippen molar-refractivity contribution in [2.24, 2.45) is 5.92 Å². The molecule has 0 radical (unpaired) electrons. The zero-order valence-electron chi connectivity index (χ0n) is 14.2. The van der Waals surface area contributed by atoms with Crippen LogP contribution >= 0.6 is 0 Å². The first-order chi connectivity index (χ1) is 11.2. The first-order valence-electron chi connectivity index (χ1n) is 8.13. The SMILES string of the molecule is CC(C)(C)c1cc(NS(=O)(=O)CCC2CC2)n(-c2ncccn2)n1. The molecule has 0 aromatic carbocycles. The van der Waals surface area contributed by atoms with Crippen LogP contribution in [0.2, 0.25) is 0 Å². The van der Waals surface area contributed by atoms with Crippen molar-refractivity contribution in [2.75, 3.05) is 10.5 Å². The molecule has 1 aliphatic carbocycles. The number of nitrogens with zero attached hydrogens (tertiary/aromatic N) is 4. The molecule has 2 aromatic heterocycles. The number of sulfonamides is 1. The van der Waals surface area contributed by atoms with Gasteiger partial charge in [-0.25, -0.2) is 18.4 Å². The Kier molecular flexibility index (Phi) is 4.33. The number of nitrogens with one attached hydrogen (secondary N) is 1. The van der Waals surface area contributed by atoms with Crippen LogP contribution in [0.5, 0.6) is 0 Å². The Balaban J connectivity index is 1.91. The van der Waals surface area contributed by atoms with Gasteiger partial charge in [0.1, 0.15) is 5.82 Å². The molecule has 0 amide bonds. The van der Waals surface area contributed by atoms with Gasteiger partial charge in [-0.3, -0.25) is 4.72 Å². The molecular weight excluding hydrogens is 326 g/mol. The average molecular weight is 349 g/mol. The molecule has 2 heterocycles. The third-order valence-electron chi connectivity index (χ3n) is 3.97. The summed E-state index contributed by atoms with van der Waals surface area (Å²) in [5.41, 5.74) is 0.559. The van der Waals surface area contributed by atoms with Gasteiger partial charge in [0.25, 0.3) is 5.95 Å². The minimum atomic E-state index is -3.42. The summed E-state index contributed by atoms with van der Waals surface area (Å²) in [6.45, 7) is 6.07. The van der Waals surface area contributed by atoms with E-state index in [-0.39, 0.29) is 11.2 Å². The highest BCUT2D eigenvalue weighted by Gasteiger charge is 2.26. The normalized spacial score (nSPS) is 15.5. The van der Waals surface area contributed by atoms with Crippen LogP contribution in [0.15, 0.2) is 24.5 Å². The van der Waals surface area contributed by atoms with E-state index in [0.717, 1.165) is 18.5 Å². The van der Waals surface area contributed by atoms with E-state index in [0.29, 0.717) is 24.1 Å². The van der Waals surface area contributed by atoms with Gasteiger partial charge in [0.15, 0.2) is 0 Å². The van der Waals surface area contributed by atoms with Gasteiger partial charge in [-0.15, -0.1) is 0 Å². The zero-order valence-corrected chi connectivity index (χ0v) is 15.0. The van der Waals surface area contributed by atoms with Crippen LogP contribution in [-0.2, 0) is 15.4 Å². The predicted molar refractivity (Wildman–Crippen MR) is 92.6 cm³/mol. The zero-order chi connectivity index (χ0) is 17.4. The summed E-state index contributed by atoms with van der Waals surface area (Å²) in [5, 5.41) is 4.51. The van der Waals surface area contributed by atoms with E-state index >= 15 is 0 Å². The van der Waals surface area contributed by atoms with Crippen molar-refractivity contribution in [3.8, 4) is 5.95 Å². The first-order valence-corrected chi connectivity index (χ1v) is 9.78. The van der Waals surface area contributed by atoms with Crippen molar-refractivity contribution in [1.82, 2.24) is 19.7 Å². The number of aromatic nitrogens is 4. The molecule has 1 N–H and O–H groups in total. The molecule has 1 saturated carbocycles. The third-order valence-corrected chi connectivity index (χ3v) is 5.26. The highest BCUT2D eigenvalue weighted by molar-refractivity contribution is 7.92. The van der Waals surface area contributed by atoms with E-state index in [1.165, 1.54) is 4.68 Å². The number of anilines is 1. The topological polar surface area (TPSA) is 89.8 Å². The highest BCUT2D eigenvalue weighted by atomic mass is 32.2. The second kappa shape index (κ2) is 6.16. The van der Waals surface area contributed by atoms with Crippen molar-refractivity contribution < 1.29 is 8.42 Å². The molecule has 1 aliphatic rings. The third kappa shape index (κ3) is 4.11. The minimum Gasteiger partial charge on any atom is -0.267 e. The summed E-state index contributed by atoms with van der Waals surface area (Å²) < 4.78 is 28.9. The average Bonchev–Trinajstić information content (AvgIpc) is 3.24. The van der Waals surface area contributed by atoms with E-state index in [2.05, 4.69) is 19.8 Å². The Labute approximate surface area is 142 Å². The molecule has 8 heteroatoms. The van der Waals surface area contributed by atoms with Crippen LogP contribution in [0.3, 0.4) is 0 Å². The van der Waals surface area contributed by atoms with E-state index in [9.17, 15) is 8.42 Å². The van der Waals surface area contributed by atoms with Crippen molar-refractivity contribution in [1.29, 1.82) is 0 Å². The van der Waals surface area contributed by atoms with Crippen molar-refractivity contribution in [2.45, 2.75) is 45.4 Å². The smallest absolute Gasteiger partial charge is 0.252 e. The Morgan fingerprint density at radius 3 is 2.50 bits per heavy atom. The van der Waals surface area contributed by atoms with Crippen LogP contribution < -0.4 is 4.72 Å². The lowest BCUT2D eigenvalue weighted by molar-refractivity contribution is 0.558. The Bertz CT molecular complexity index is 805. The summed E-state index contributed by atoms with van der Waals surface area (Å²) in [6.07, 6.45) is 6.19. The lowest BCUT2D eigenvalue weighted by atomic mass is 9.92. The molecular formula is C16H23N5O2S.